The van der Waals surface area contributed by atoms with Crippen molar-refractivity contribution in [1.29, 1.82) is 0 Å². The number of likely N-dealkylation sites (N-methyl/N-ethyl adjacent to an activating group) is 1. The molecule has 142 valence electrons. The SMILES string of the molecule is COc1cc2c(cc1NC(=O)CN(C)Cc1ccccc1)oc1ccccc12. The molecular formula is C23H22N2O3. The summed E-state index contributed by atoms with van der Waals surface area (Å²) in [4.78, 5) is 14.5. The summed E-state index contributed by atoms with van der Waals surface area (Å²) in [6.07, 6.45) is 0. The minimum absolute atomic E-state index is 0.104. The normalized spacial score (nSPS) is 11.2. The molecule has 3 aromatic carbocycles. The minimum atomic E-state index is -0.104. The second-order valence-corrected chi connectivity index (χ2v) is 6.85. The Balaban J connectivity index is 1.53. The summed E-state index contributed by atoms with van der Waals surface area (Å²) in [6, 6.07) is 21.7. The molecule has 0 spiro atoms. The quantitative estimate of drug-likeness (QED) is 0.533. The van der Waals surface area contributed by atoms with E-state index in [1.54, 1.807) is 7.11 Å². The molecule has 0 aliphatic heterocycles. The number of para-hydroxylation sites is 1. The van der Waals surface area contributed by atoms with Crippen LogP contribution in [-0.2, 0) is 11.3 Å². The van der Waals surface area contributed by atoms with Gasteiger partial charge in [0.1, 0.15) is 16.9 Å². The number of nitrogens with zero attached hydrogens (tertiary/aromatic N) is 1. The van der Waals surface area contributed by atoms with Gasteiger partial charge in [0.05, 0.1) is 19.3 Å². The van der Waals surface area contributed by atoms with Crippen LogP contribution in [0.5, 0.6) is 5.75 Å². The Morgan fingerprint density at radius 1 is 1.00 bits per heavy atom. The number of methoxy groups -OCH3 is 1. The topological polar surface area (TPSA) is 54.7 Å². The van der Waals surface area contributed by atoms with Crippen LogP contribution in [-0.4, -0.2) is 31.5 Å². The minimum Gasteiger partial charge on any atom is -0.495 e. The summed E-state index contributed by atoms with van der Waals surface area (Å²) >= 11 is 0. The molecule has 28 heavy (non-hydrogen) atoms. The van der Waals surface area contributed by atoms with E-state index in [4.69, 9.17) is 9.15 Å². The summed E-state index contributed by atoms with van der Waals surface area (Å²) in [6.45, 7) is 0.976. The molecule has 0 saturated carbocycles. The number of anilines is 1. The molecule has 5 nitrogen and oxygen atoms in total. The molecule has 0 bridgehead atoms. The number of hydrogen-bond acceptors (Lipinski definition) is 4. The molecule has 1 N–H and O–H groups in total. The van der Waals surface area contributed by atoms with E-state index in [-0.39, 0.29) is 12.5 Å². The Bertz CT molecular complexity index is 1120. The molecule has 0 saturated heterocycles. The molecule has 0 atom stereocenters. The molecule has 0 aliphatic carbocycles. The highest BCUT2D eigenvalue weighted by Crippen LogP contribution is 2.36. The van der Waals surface area contributed by atoms with Gasteiger partial charge in [0.25, 0.3) is 0 Å². The number of hydrogen-bond donors (Lipinski definition) is 1. The number of carbonyl (C=O) groups is 1. The maximum absolute atomic E-state index is 12.6. The van der Waals surface area contributed by atoms with Crippen LogP contribution in [0.2, 0.25) is 0 Å². The molecule has 1 amide bonds. The van der Waals surface area contributed by atoms with Crippen molar-refractivity contribution in [1.82, 2.24) is 4.90 Å². The predicted octanol–water partition coefficient (Wildman–Crippen LogP) is 4.67. The van der Waals surface area contributed by atoms with Gasteiger partial charge in [-0.05, 0) is 24.7 Å². The summed E-state index contributed by atoms with van der Waals surface area (Å²) in [5.41, 5.74) is 3.30. The highest BCUT2D eigenvalue weighted by atomic mass is 16.5. The first kappa shape index (κ1) is 18.1. The number of nitrogens with one attached hydrogen (secondary N) is 1. The molecule has 5 heteroatoms. The predicted molar refractivity (Wildman–Crippen MR) is 112 cm³/mol. The van der Waals surface area contributed by atoms with E-state index in [0.717, 1.165) is 21.9 Å². The van der Waals surface area contributed by atoms with Crippen molar-refractivity contribution in [2.45, 2.75) is 6.54 Å². The van der Waals surface area contributed by atoms with Crippen LogP contribution in [0.15, 0.2) is 71.1 Å². The van der Waals surface area contributed by atoms with E-state index in [1.165, 1.54) is 5.56 Å². The van der Waals surface area contributed by atoms with Crippen molar-refractivity contribution in [3.63, 3.8) is 0 Å². The lowest BCUT2D eigenvalue weighted by molar-refractivity contribution is -0.117. The Kier molecular flexibility index (Phi) is 5.00. The smallest absolute Gasteiger partial charge is 0.238 e. The summed E-state index contributed by atoms with van der Waals surface area (Å²) in [7, 11) is 3.52. The summed E-state index contributed by atoms with van der Waals surface area (Å²) in [5, 5.41) is 4.94. The molecule has 0 unspecified atom stereocenters. The number of benzene rings is 3. The number of carbonyl (C=O) groups excluding carboxylic acids is 1. The van der Waals surface area contributed by atoms with Gasteiger partial charge in [-0.25, -0.2) is 0 Å². The number of amides is 1. The van der Waals surface area contributed by atoms with E-state index in [9.17, 15) is 4.79 Å². The van der Waals surface area contributed by atoms with Crippen molar-refractivity contribution in [3.8, 4) is 5.75 Å². The van der Waals surface area contributed by atoms with E-state index in [0.29, 0.717) is 18.0 Å². The molecule has 1 aromatic heterocycles. The monoisotopic (exact) mass is 374 g/mol. The van der Waals surface area contributed by atoms with Gasteiger partial charge in [-0.1, -0.05) is 48.5 Å². The van der Waals surface area contributed by atoms with Crippen molar-refractivity contribution in [2.24, 2.45) is 0 Å². The molecule has 4 aromatic rings. The third-order valence-corrected chi connectivity index (χ3v) is 4.68. The third kappa shape index (κ3) is 3.70. The van der Waals surface area contributed by atoms with E-state index in [1.807, 2.05) is 78.7 Å². The molecule has 0 aliphatic rings. The molecular weight excluding hydrogens is 352 g/mol. The van der Waals surface area contributed by atoms with Gasteiger partial charge in [0.15, 0.2) is 0 Å². The first-order valence-electron chi connectivity index (χ1n) is 9.15. The van der Waals surface area contributed by atoms with Gasteiger partial charge < -0.3 is 14.5 Å². The zero-order chi connectivity index (χ0) is 19.5. The number of fused-ring (bicyclic) bond motifs is 3. The number of rotatable bonds is 6. The average molecular weight is 374 g/mol. The Hall–Kier alpha value is -3.31. The fourth-order valence-corrected chi connectivity index (χ4v) is 3.40. The maximum Gasteiger partial charge on any atom is 0.238 e. The fourth-order valence-electron chi connectivity index (χ4n) is 3.40. The Morgan fingerprint density at radius 3 is 2.54 bits per heavy atom. The summed E-state index contributed by atoms with van der Waals surface area (Å²) < 4.78 is 11.4. The molecule has 0 fully saturated rings. The van der Waals surface area contributed by atoms with Crippen molar-refractivity contribution in [2.75, 3.05) is 26.0 Å². The third-order valence-electron chi connectivity index (χ3n) is 4.68. The average Bonchev–Trinajstić information content (AvgIpc) is 3.05. The molecule has 0 radical (unpaired) electrons. The van der Waals surface area contributed by atoms with Gasteiger partial charge in [-0.15, -0.1) is 0 Å². The standard InChI is InChI=1S/C23H22N2O3/c1-25(14-16-8-4-3-5-9-16)15-23(26)24-19-13-21-18(12-22(19)27-2)17-10-6-7-11-20(17)28-21/h3-13H,14-15H2,1-2H3,(H,24,26). The maximum atomic E-state index is 12.6. The first-order valence-corrected chi connectivity index (χ1v) is 9.15. The highest BCUT2D eigenvalue weighted by Gasteiger charge is 2.15. The van der Waals surface area contributed by atoms with Gasteiger partial charge in [0.2, 0.25) is 5.91 Å². The Morgan fingerprint density at radius 2 is 1.75 bits per heavy atom. The van der Waals surface area contributed by atoms with Crippen molar-refractivity contribution < 1.29 is 13.9 Å². The van der Waals surface area contributed by atoms with Crippen molar-refractivity contribution >= 4 is 33.5 Å². The fraction of sp³-hybridized carbons (Fsp3) is 0.174. The number of ether oxygens (including phenoxy) is 1. The zero-order valence-electron chi connectivity index (χ0n) is 15.9. The van der Waals surface area contributed by atoms with E-state index >= 15 is 0 Å². The van der Waals surface area contributed by atoms with E-state index < -0.39 is 0 Å². The highest BCUT2D eigenvalue weighted by molar-refractivity contribution is 6.07. The van der Waals surface area contributed by atoms with Gasteiger partial charge in [-0.2, -0.15) is 0 Å². The van der Waals surface area contributed by atoms with Crippen LogP contribution in [0.1, 0.15) is 5.56 Å². The Labute approximate surface area is 163 Å². The number of furan rings is 1. The van der Waals surface area contributed by atoms with Crippen LogP contribution in [0.4, 0.5) is 5.69 Å². The lowest BCUT2D eigenvalue weighted by Gasteiger charge is -2.17. The van der Waals surface area contributed by atoms with Crippen LogP contribution in [0.3, 0.4) is 0 Å². The second kappa shape index (κ2) is 7.74. The lowest BCUT2D eigenvalue weighted by Crippen LogP contribution is -2.29. The molecule has 1 heterocycles. The lowest BCUT2D eigenvalue weighted by atomic mass is 10.1. The zero-order valence-corrected chi connectivity index (χ0v) is 15.9. The largest absolute Gasteiger partial charge is 0.495 e. The van der Waals surface area contributed by atoms with Crippen LogP contribution < -0.4 is 10.1 Å². The van der Waals surface area contributed by atoms with E-state index in [2.05, 4.69) is 5.32 Å². The van der Waals surface area contributed by atoms with Crippen LogP contribution >= 0.6 is 0 Å². The van der Waals surface area contributed by atoms with Crippen LogP contribution in [0.25, 0.3) is 21.9 Å². The molecule has 4 rings (SSSR count). The second-order valence-electron chi connectivity index (χ2n) is 6.85. The van der Waals surface area contributed by atoms with Gasteiger partial charge in [0, 0.05) is 23.4 Å². The summed E-state index contributed by atoms with van der Waals surface area (Å²) in [5.74, 6) is 0.505. The first-order chi connectivity index (χ1) is 13.6. The van der Waals surface area contributed by atoms with Crippen LogP contribution in [0, 0.1) is 0 Å². The van der Waals surface area contributed by atoms with Gasteiger partial charge in [-0.3, -0.25) is 9.69 Å². The van der Waals surface area contributed by atoms with Crippen molar-refractivity contribution in [3.05, 3.63) is 72.3 Å². The van der Waals surface area contributed by atoms with Gasteiger partial charge >= 0.3 is 0 Å².